The number of rotatable bonds is 6. The van der Waals surface area contributed by atoms with E-state index in [0.29, 0.717) is 13.2 Å². The first-order valence-corrected chi connectivity index (χ1v) is 8.78. The largest absolute Gasteiger partial charge is 0.490 e. The molecule has 0 amide bonds. The Morgan fingerprint density at radius 3 is 2.64 bits per heavy atom. The van der Waals surface area contributed by atoms with Crippen LogP contribution in [-0.4, -0.2) is 33.1 Å². The zero-order chi connectivity index (χ0) is 18.1. The Kier molecular flexibility index (Phi) is 7.48. The summed E-state index contributed by atoms with van der Waals surface area (Å²) in [7, 11) is 3.26. The fourth-order valence-corrected chi connectivity index (χ4v) is 2.94. The topological polar surface area (TPSA) is 40.0 Å². The molecule has 4 heteroatoms. The van der Waals surface area contributed by atoms with Crippen LogP contribution in [0.3, 0.4) is 0 Å². The molecule has 2 aliphatic rings. The number of fused-ring (bicyclic) bond motifs is 2. The van der Waals surface area contributed by atoms with Crippen molar-refractivity contribution in [3.05, 3.63) is 59.2 Å². The maximum Gasteiger partial charge on any atom is 0.120 e. The van der Waals surface area contributed by atoms with E-state index in [1.807, 2.05) is 38.1 Å². The van der Waals surface area contributed by atoms with E-state index in [2.05, 4.69) is 23.4 Å². The Labute approximate surface area is 150 Å². The quantitative estimate of drug-likeness (QED) is 0.553. The molecule has 0 aromatic heterocycles. The van der Waals surface area contributed by atoms with Gasteiger partial charge < -0.3 is 14.3 Å². The number of allylic oxidation sites excluding steroid dienone is 4. The van der Waals surface area contributed by atoms with Crippen LogP contribution >= 0.6 is 0 Å². The zero-order valence-corrected chi connectivity index (χ0v) is 15.5. The lowest BCUT2D eigenvalue weighted by atomic mass is 9.97. The molecule has 134 valence electrons. The van der Waals surface area contributed by atoms with Crippen LogP contribution in [0.5, 0.6) is 5.75 Å². The number of hydrogen-bond acceptors (Lipinski definition) is 4. The molecule has 0 spiro atoms. The minimum absolute atomic E-state index is 0.520. The molecule has 25 heavy (non-hydrogen) atoms. The van der Waals surface area contributed by atoms with Gasteiger partial charge in [-0.25, -0.2) is 0 Å². The molecule has 0 N–H and O–H groups in total. The highest BCUT2D eigenvalue weighted by Gasteiger charge is 2.28. The molecule has 0 radical (unpaired) electrons. The molecule has 0 saturated carbocycles. The van der Waals surface area contributed by atoms with Crippen LogP contribution < -0.4 is 4.74 Å². The molecule has 0 unspecified atom stereocenters. The Morgan fingerprint density at radius 2 is 1.88 bits per heavy atom. The van der Waals surface area contributed by atoms with Gasteiger partial charge in [-0.3, -0.25) is 0 Å². The van der Waals surface area contributed by atoms with Crippen LogP contribution in [0.4, 0.5) is 0 Å². The van der Waals surface area contributed by atoms with Crippen LogP contribution in [0, 0.1) is 0 Å². The van der Waals surface area contributed by atoms with Crippen molar-refractivity contribution in [3.8, 4) is 5.75 Å². The first-order chi connectivity index (χ1) is 12.3. The van der Waals surface area contributed by atoms with Crippen LogP contribution in [0.2, 0.25) is 0 Å². The van der Waals surface area contributed by atoms with E-state index in [1.165, 1.54) is 16.7 Å². The van der Waals surface area contributed by atoms with Crippen LogP contribution in [-0.2, 0) is 9.57 Å². The first kappa shape index (κ1) is 19.0. The molecule has 4 nitrogen and oxygen atoms in total. The molecular weight excluding hydrogens is 314 g/mol. The highest BCUT2D eigenvalue weighted by Crippen LogP contribution is 2.40. The van der Waals surface area contributed by atoms with Gasteiger partial charge in [-0.2, -0.15) is 0 Å². The summed E-state index contributed by atoms with van der Waals surface area (Å²) in [6.07, 6.45) is 10.3. The van der Waals surface area contributed by atoms with Crippen molar-refractivity contribution < 1.29 is 14.3 Å². The predicted molar refractivity (Wildman–Crippen MR) is 103 cm³/mol. The summed E-state index contributed by atoms with van der Waals surface area (Å²) in [5.41, 5.74) is 5.74. The average Bonchev–Trinajstić information content (AvgIpc) is 2.97. The SMILES string of the molecule is CC.COC/C=C\COc1ccc2c(c1)/C(=N/OC)C1=C2C=CCC1. The fourth-order valence-electron chi connectivity index (χ4n) is 2.94. The first-order valence-electron chi connectivity index (χ1n) is 8.78. The van der Waals surface area contributed by atoms with Gasteiger partial charge in [0.25, 0.3) is 0 Å². The van der Waals surface area contributed by atoms with E-state index in [1.54, 1.807) is 14.2 Å². The zero-order valence-electron chi connectivity index (χ0n) is 15.5. The highest BCUT2D eigenvalue weighted by molar-refractivity contribution is 6.24. The number of ether oxygens (including phenoxy) is 2. The third kappa shape index (κ3) is 4.40. The van der Waals surface area contributed by atoms with Crippen LogP contribution in [0.15, 0.2) is 53.2 Å². The van der Waals surface area contributed by atoms with Crippen LogP contribution in [0.25, 0.3) is 5.57 Å². The summed E-state index contributed by atoms with van der Waals surface area (Å²) in [4.78, 5) is 5.06. The maximum absolute atomic E-state index is 5.78. The van der Waals surface area contributed by atoms with E-state index >= 15 is 0 Å². The second kappa shape index (κ2) is 9.84. The third-order valence-corrected chi connectivity index (χ3v) is 3.95. The smallest absolute Gasteiger partial charge is 0.120 e. The Balaban J connectivity index is 0.00000109. The summed E-state index contributed by atoms with van der Waals surface area (Å²) in [5.74, 6) is 0.832. The molecule has 0 bridgehead atoms. The van der Waals surface area contributed by atoms with Crippen LogP contribution in [0.1, 0.15) is 37.8 Å². The van der Waals surface area contributed by atoms with E-state index in [4.69, 9.17) is 14.3 Å². The molecule has 3 rings (SSSR count). The van der Waals surface area contributed by atoms with Crippen molar-refractivity contribution >= 4 is 11.3 Å². The second-order valence-corrected chi connectivity index (χ2v) is 5.40. The predicted octanol–water partition coefficient (Wildman–Crippen LogP) is 4.76. The van der Waals surface area contributed by atoms with E-state index in [0.717, 1.165) is 29.9 Å². The van der Waals surface area contributed by atoms with Crippen molar-refractivity contribution in [2.45, 2.75) is 26.7 Å². The summed E-state index contributed by atoms with van der Waals surface area (Å²) >= 11 is 0. The molecule has 2 aliphatic carbocycles. The lowest BCUT2D eigenvalue weighted by Gasteiger charge is -2.08. The Bertz CT molecular complexity index is 699. The van der Waals surface area contributed by atoms with Crippen molar-refractivity contribution in [2.24, 2.45) is 5.16 Å². The van der Waals surface area contributed by atoms with Gasteiger partial charge in [-0.05, 0) is 47.8 Å². The summed E-state index contributed by atoms with van der Waals surface area (Å²) in [6, 6.07) is 6.15. The standard InChI is InChI=1S/C19H21NO3.C2H6/c1-21-11-5-6-12-23-14-9-10-16-15-7-3-4-8-17(15)19(20-22-2)18(16)13-14;1-2/h3,5-7,9-10,13H,4,8,11-12H2,1-2H3;1-2H3/b6-5-,20-19+;. The number of hydrogen-bond donors (Lipinski definition) is 0. The Morgan fingerprint density at radius 1 is 1.08 bits per heavy atom. The lowest BCUT2D eigenvalue weighted by molar-refractivity contribution is 0.214. The molecule has 0 heterocycles. The molecule has 1 aromatic carbocycles. The van der Waals surface area contributed by atoms with Crippen molar-refractivity contribution in [3.63, 3.8) is 0 Å². The fraction of sp³-hybridized carbons (Fsp3) is 0.381. The minimum atomic E-state index is 0.520. The molecule has 0 atom stereocenters. The highest BCUT2D eigenvalue weighted by atomic mass is 16.6. The Hall–Kier alpha value is -2.33. The van der Waals surface area contributed by atoms with Gasteiger partial charge in [0.15, 0.2) is 0 Å². The van der Waals surface area contributed by atoms with Gasteiger partial charge in [-0.15, -0.1) is 0 Å². The van der Waals surface area contributed by atoms with Crippen molar-refractivity contribution in [1.29, 1.82) is 0 Å². The van der Waals surface area contributed by atoms with Gasteiger partial charge in [0.05, 0.1) is 6.61 Å². The number of oxime groups is 1. The molecule has 0 fully saturated rings. The minimum Gasteiger partial charge on any atom is -0.490 e. The normalized spacial score (nSPS) is 16.6. The summed E-state index contributed by atoms with van der Waals surface area (Å²) in [6.45, 7) is 5.12. The van der Waals surface area contributed by atoms with Gasteiger partial charge in [-0.1, -0.05) is 43.3 Å². The number of methoxy groups -OCH3 is 1. The molecular formula is C21H27NO3. The monoisotopic (exact) mass is 341 g/mol. The van der Waals surface area contributed by atoms with E-state index in [9.17, 15) is 0 Å². The number of nitrogens with zero attached hydrogens (tertiary/aromatic N) is 1. The maximum atomic E-state index is 5.78. The second-order valence-electron chi connectivity index (χ2n) is 5.40. The summed E-state index contributed by atoms with van der Waals surface area (Å²) in [5, 5.41) is 4.25. The van der Waals surface area contributed by atoms with Gasteiger partial charge in [0, 0.05) is 12.7 Å². The van der Waals surface area contributed by atoms with Crippen molar-refractivity contribution in [2.75, 3.05) is 27.4 Å². The van der Waals surface area contributed by atoms with Gasteiger partial charge in [0.1, 0.15) is 25.2 Å². The molecule has 0 saturated heterocycles. The van der Waals surface area contributed by atoms with E-state index < -0.39 is 0 Å². The average molecular weight is 341 g/mol. The van der Waals surface area contributed by atoms with Gasteiger partial charge >= 0.3 is 0 Å². The molecule has 1 aromatic rings. The molecule has 0 aliphatic heterocycles. The summed E-state index contributed by atoms with van der Waals surface area (Å²) < 4.78 is 10.7. The van der Waals surface area contributed by atoms with Crippen molar-refractivity contribution in [1.82, 2.24) is 0 Å². The number of benzene rings is 1. The lowest BCUT2D eigenvalue weighted by Crippen LogP contribution is -2.03. The van der Waals surface area contributed by atoms with E-state index in [-0.39, 0.29) is 0 Å². The third-order valence-electron chi connectivity index (χ3n) is 3.95. The van der Waals surface area contributed by atoms with Gasteiger partial charge in [0.2, 0.25) is 0 Å².